The highest BCUT2D eigenvalue weighted by atomic mass is 32.2. The molecular formula is C38H50FN5O10S. The maximum atomic E-state index is 14.9. The SMILES string of the molecule is COCC1CCCCC=CC2CC2(C(=O)NS(=O)(=O)C2CC2)NC(=O)C2CC(Oc3nccc4cc(OC)c(F)cc34)CN2C(=O)C1NC(=O)OC(C)(C)C. The zero-order chi connectivity index (χ0) is 39.7. The van der Waals surface area contributed by atoms with Crippen LogP contribution in [0.2, 0.25) is 0 Å². The highest BCUT2D eigenvalue weighted by Gasteiger charge is 2.62. The first-order valence-electron chi connectivity index (χ1n) is 18.7. The van der Waals surface area contributed by atoms with Crippen LogP contribution in [-0.2, 0) is 33.9 Å². The van der Waals surface area contributed by atoms with Crippen LogP contribution in [0, 0.1) is 17.7 Å². The second kappa shape index (κ2) is 15.9. The van der Waals surface area contributed by atoms with E-state index in [9.17, 15) is 32.0 Å². The number of carbonyl (C=O) groups excluding carboxylic acids is 4. The van der Waals surface area contributed by atoms with Crippen molar-refractivity contribution in [3.05, 3.63) is 42.4 Å². The molecule has 6 unspecified atom stereocenters. The van der Waals surface area contributed by atoms with Crippen LogP contribution in [0.5, 0.6) is 11.6 Å². The van der Waals surface area contributed by atoms with E-state index in [2.05, 4.69) is 20.3 Å². The number of ether oxygens (including phenoxy) is 4. The van der Waals surface area contributed by atoms with E-state index in [0.717, 1.165) is 0 Å². The first-order valence-corrected chi connectivity index (χ1v) is 20.2. The lowest BCUT2D eigenvalue weighted by molar-refractivity contribution is -0.142. The highest BCUT2D eigenvalue weighted by molar-refractivity contribution is 7.91. The molecule has 2 aliphatic carbocycles. The predicted octanol–water partition coefficient (Wildman–Crippen LogP) is 3.50. The van der Waals surface area contributed by atoms with Gasteiger partial charge in [-0.2, -0.15) is 0 Å². The van der Waals surface area contributed by atoms with Gasteiger partial charge in [-0.3, -0.25) is 19.1 Å². The lowest BCUT2D eigenvalue weighted by Crippen LogP contribution is -2.59. The molecule has 55 heavy (non-hydrogen) atoms. The molecule has 15 nitrogen and oxygen atoms in total. The second-order valence-corrected chi connectivity index (χ2v) is 17.8. The number of rotatable bonds is 9. The molecular weight excluding hydrogens is 738 g/mol. The third-order valence-corrected chi connectivity index (χ3v) is 12.3. The molecule has 6 atom stereocenters. The largest absolute Gasteiger partial charge is 0.494 e. The number of sulfonamides is 1. The Kier molecular flexibility index (Phi) is 11.6. The molecule has 2 saturated carbocycles. The number of amides is 4. The number of nitrogens with one attached hydrogen (secondary N) is 3. The first-order chi connectivity index (χ1) is 26.0. The summed E-state index contributed by atoms with van der Waals surface area (Å²) in [6, 6.07) is 1.99. The number of fused-ring (bicyclic) bond motifs is 3. The normalized spacial score (nSPS) is 27.5. The fourth-order valence-corrected chi connectivity index (χ4v) is 8.74. The van der Waals surface area contributed by atoms with Gasteiger partial charge >= 0.3 is 6.09 Å². The number of benzene rings is 1. The third kappa shape index (κ3) is 9.14. The highest BCUT2D eigenvalue weighted by Crippen LogP contribution is 2.46. The average molecular weight is 788 g/mol. The number of methoxy groups -OCH3 is 2. The van der Waals surface area contributed by atoms with E-state index in [1.54, 1.807) is 26.8 Å². The van der Waals surface area contributed by atoms with Crippen molar-refractivity contribution < 1.29 is 50.9 Å². The van der Waals surface area contributed by atoms with E-state index in [1.165, 1.54) is 37.4 Å². The van der Waals surface area contributed by atoms with Crippen LogP contribution in [-0.4, -0.2) is 104 Å². The van der Waals surface area contributed by atoms with Crippen molar-refractivity contribution in [2.45, 2.75) is 107 Å². The van der Waals surface area contributed by atoms with E-state index in [1.807, 2.05) is 12.2 Å². The zero-order valence-electron chi connectivity index (χ0n) is 31.8. The summed E-state index contributed by atoms with van der Waals surface area (Å²) >= 11 is 0. The number of nitrogens with zero attached hydrogens (tertiary/aromatic N) is 2. The number of aromatic nitrogens is 1. The lowest BCUT2D eigenvalue weighted by Gasteiger charge is -2.33. The molecule has 3 heterocycles. The Labute approximate surface area is 320 Å². The molecule has 6 rings (SSSR count). The fourth-order valence-electron chi connectivity index (χ4n) is 7.38. The summed E-state index contributed by atoms with van der Waals surface area (Å²) in [6.45, 7) is 5.07. The molecule has 2 aliphatic heterocycles. The smallest absolute Gasteiger partial charge is 0.408 e. The van der Waals surface area contributed by atoms with E-state index in [-0.39, 0.29) is 37.6 Å². The summed E-state index contributed by atoms with van der Waals surface area (Å²) in [5, 5.41) is 5.85. The molecule has 0 radical (unpaired) electrons. The molecule has 2 aromatic rings. The number of alkyl carbamates (subject to hydrolysis) is 1. The number of allylic oxidation sites excluding steroid dienone is 1. The molecule has 1 aromatic carbocycles. The Morgan fingerprint density at radius 3 is 2.58 bits per heavy atom. The minimum absolute atomic E-state index is 0.0314. The molecule has 0 bridgehead atoms. The minimum atomic E-state index is -3.93. The summed E-state index contributed by atoms with van der Waals surface area (Å²) in [7, 11) is -1.08. The number of hydrogen-bond donors (Lipinski definition) is 3. The number of halogens is 1. The van der Waals surface area contributed by atoms with E-state index in [4.69, 9.17) is 18.9 Å². The van der Waals surface area contributed by atoms with Gasteiger partial charge in [0.05, 0.1) is 25.5 Å². The van der Waals surface area contributed by atoms with Gasteiger partial charge in [0.25, 0.3) is 5.91 Å². The Hall–Kier alpha value is -4.51. The van der Waals surface area contributed by atoms with E-state index < -0.39 is 86.1 Å². The summed E-state index contributed by atoms with van der Waals surface area (Å²) in [5.41, 5.74) is -2.44. The van der Waals surface area contributed by atoms with Crippen LogP contribution >= 0.6 is 0 Å². The first kappa shape index (κ1) is 40.2. The van der Waals surface area contributed by atoms with E-state index in [0.29, 0.717) is 49.3 Å². The summed E-state index contributed by atoms with van der Waals surface area (Å²) in [4.78, 5) is 61.9. The Bertz CT molecular complexity index is 1950. The number of carbonyl (C=O) groups is 4. The molecule has 17 heteroatoms. The summed E-state index contributed by atoms with van der Waals surface area (Å²) in [6.07, 6.45) is 7.02. The standard InChI is InChI=1S/C38H50FN5O10S/c1-37(2,3)54-36(48)41-31-23(21-51-4)10-8-6-7-9-11-24-19-38(24,35(47)43-55(49,50)26-12-13-26)42-32(45)29-17-25(20-44(29)34(31)46)53-33-27-18-28(39)30(52-5)16-22(27)14-15-40-33/h9,11,14-16,18,23-26,29,31H,6-8,10,12-13,17,19-21H2,1-5H3,(H,41,48)(H,42,45)(H,43,47). The van der Waals surface area contributed by atoms with Crippen LogP contribution in [0.25, 0.3) is 10.8 Å². The maximum absolute atomic E-state index is 14.9. The van der Waals surface area contributed by atoms with Crippen molar-refractivity contribution in [1.82, 2.24) is 25.2 Å². The number of hydrogen-bond acceptors (Lipinski definition) is 11. The lowest BCUT2D eigenvalue weighted by atomic mass is 9.92. The Balaban J connectivity index is 1.36. The predicted molar refractivity (Wildman–Crippen MR) is 198 cm³/mol. The van der Waals surface area contributed by atoms with Gasteiger partial charge in [0.1, 0.15) is 29.3 Å². The molecule has 1 aromatic heterocycles. The van der Waals surface area contributed by atoms with Crippen molar-refractivity contribution in [2.24, 2.45) is 11.8 Å². The Morgan fingerprint density at radius 1 is 1.13 bits per heavy atom. The van der Waals surface area contributed by atoms with E-state index >= 15 is 0 Å². The fraction of sp³-hybridized carbons (Fsp3) is 0.605. The van der Waals surface area contributed by atoms with Crippen molar-refractivity contribution >= 4 is 44.6 Å². The van der Waals surface area contributed by atoms with Crippen LogP contribution in [0.15, 0.2) is 36.5 Å². The Morgan fingerprint density at radius 2 is 1.89 bits per heavy atom. The number of pyridine rings is 1. The molecule has 3 fully saturated rings. The van der Waals surface area contributed by atoms with Crippen LogP contribution in [0.4, 0.5) is 9.18 Å². The van der Waals surface area contributed by atoms with Crippen molar-refractivity contribution in [3.63, 3.8) is 0 Å². The molecule has 1 saturated heterocycles. The van der Waals surface area contributed by atoms with Gasteiger partial charge in [0.15, 0.2) is 11.6 Å². The van der Waals surface area contributed by atoms with Gasteiger partial charge in [-0.05, 0) is 82.9 Å². The molecule has 4 amide bonds. The topological polar surface area (TPSA) is 192 Å². The van der Waals surface area contributed by atoms with Gasteiger partial charge in [-0.15, -0.1) is 0 Å². The van der Waals surface area contributed by atoms with Crippen molar-refractivity contribution in [1.29, 1.82) is 0 Å². The minimum Gasteiger partial charge on any atom is -0.494 e. The van der Waals surface area contributed by atoms with Gasteiger partial charge in [0.2, 0.25) is 27.7 Å². The van der Waals surface area contributed by atoms with Gasteiger partial charge in [-0.25, -0.2) is 22.6 Å². The zero-order valence-corrected chi connectivity index (χ0v) is 32.6. The molecule has 0 spiro atoms. The third-order valence-electron chi connectivity index (χ3n) is 10.4. The average Bonchev–Trinajstić information content (AvgIpc) is 4.04. The quantitative estimate of drug-likeness (QED) is 0.316. The second-order valence-electron chi connectivity index (χ2n) is 15.8. The maximum Gasteiger partial charge on any atom is 0.408 e. The molecule has 300 valence electrons. The van der Waals surface area contributed by atoms with Gasteiger partial charge in [-0.1, -0.05) is 18.6 Å². The van der Waals surface area contributed by atoms with Crippen LogP contribution in [0.3, 0.4) is 0 Å². The van der Waals surface area contributed by atoms with Gasteiger partial charge < -0.3 is 34.5 Å². The summed E-state index contributed by atoms with van der Waals surface area (Å²) in [5.74, 6) is -3.68. The van der Waals surface area contributed by atoms with Crippen molar-refractivity contribution in [2.75, 3.05) is 27.4 Å². The van der Waals surface area contributed by atoms with Crippen LogP contribution < -0.4 is 24.8 Å². The van der Waals surface area contributed by atoms with Crippen LogP contribution in [0.1, 0.15) is 72.1 Å². The monoisotopic (exact) mass is 787 g/mol. The summed E-state index contributed by atoms with van der Waals surface area (Å²) < 4.78 is 65.3. The van der Waals surface area contributed by atoms with Crippen molar-refractivity contribution in [3.8, 4) is 11.6 Å². The van der Waals surface area contributed by atoms with Gasteiger partial charge in [0, 0.05) is 36.9 Å². The molecule has 4 aliphatic rings. The molecule has 3 N–H and O–H groups in total.